The molecule has 3 heteroatoms. The molecule has 0 aliphatic rings. The third-order valence-electron chi connectivity index (χ3n) is 4.57. The van der Waals surface area contributed by atoms with Gasteiger partial charge in [-0.2, -0.15) is 0 Å². The number of hydrogen-bond acceptors (Lipinski definition) is 2. The summed E-state index contributed by atoms with van der Waals surface area (Å²) in [5.74, 6) is 0.497. The first-order chi connectivity index (χ1) is 12.9. The maximum Gasteiger partial charge on any atom is 0.255 e. The summed E-state index contributed by atoms with van der Waals surface area (Å²) >= 11 is 0. The molecule has 0 atom stereocenters. The van der Waals surface area contributed by atoms with Crippen LogP contribution >= 0.6 is 0 Å². The predicted molar refractivity (Wildman–Crippen MR) is 112 cm³/mol. The number of amides is 1. The van der Waals surface area contributed by atoms with Gasteiger partial charge in [-0.1, -0.05) is 69.3 Å². The molecule has 0 aliphatic carbocycles. The van der Waals surface area contributed by atoms with E-state index in [0.717, 1.165) is 16.7 Å². The van der Waals surface area contributed by atoms with Crippen LogP contribution in [0, 0.1) is 0 Å². The number of benzene rings is 3. The average molecular weight is 359 g/mol. The first-order valence-electron chi connectivity index (χ1n) is 9.04. The molecule has 0 heterocycles. The van der Waals surface area contributed by atoms with Gasteiger partial charge in [-0.15, -0.1) is 0 Å². The molecule has 0 fully saturated rings. The molecule has 3 aromatic rings. The highest BCUT2D eigenvalue weighted by Gasteiger charge is 2.17. The molecular weight excluding hydrogens is 334 g/mol. The number of ether oxygens (including phenoxy) is 1. The summed E-state index contributed by atoms with van der Waals surface area (Å²) in [6.07, 6.45) is 0. The number of hydrogen-bond donors (Lipinski definition) is 1. The standard InChI is InChI=1S/C24H25NO2/c1-24(2,3)20-14-15-22(27-4)21(16-20)25-23(26)19-12-10-18(11-13-19)17-8-6-5-7-9-17/h5-16H,1-4H3,(H,25,26). The van der Waals surface area contributed by atoms with Gasteiger partial charge in [-0.05, 0) is 46.4 Å². The van der Waals surface area contributed by atoms with Gasteiger partial charge < -0.3 is 10.1 Å². The summed E-state index contributed by atoms with van der Waals surface area (Å²) in [7, 11) is 1.61. The second-order valence-electron chi connectivity index (χ2n) is 7.56. The Morgan fingerprint density at radius 1 is 0.852 bits per heavy atom. The Balaban J connectivity index is 1.83. The Morgan fingerprint density at radius 3 is 2.07 bits per heavy atom. The van der Waals surface area contributed by atoms with Crippen molar-refractivity contribution in [2.75, 3.05) is 12.4 Å². The molecular formula is C24H25NO2. The lowest BCUT2D eigenvalue weighted by molar-refractivity contribution is 0.102. The Morgan fingerprint density at radius 2 is 1.48 bits per heavy atom. The highest BCUT2D eigenvalue weighted by atomic mass is 16.5. The second-order valence-corrected chi connectivity index (χ2v) is 7.56. The molecule has 0 saturated carbocycles. The summed E-state index contributed by atoms with van der Waals surface area (Å²) in [5.41, 5.74) is 4.63. The third kappa shape index (κ3) is 4.37. The molecule has 1 amide bonds. The Labute approximate surface area is 161 Å². The molecule has 0 saturated heterocycles. The number of rotatable bonds is 4. The van der Waals surface area contributed by atoms with Gasteiger partial charge in [0.2, 0.25) is 0 Å². The van der Waals surface area contributed by atoms with E-state index in [1.165, 1.54) is 0 Å². The minimum absolute atomic E-state index is 0.0108. The topological polar surface area (TPSA) is 38.3 Å². The van der Waals surface area contributed by atoms with Gasteiger partial charge in [0.1, 0.15) is 5.75 Å². The van der Waals surface area contributed by atoms with Gasteiger partial charge in [0, 0.05) is 5.56 Å². The van der Waals surface area contributed by atoms with Crippen molar-refractivity contribution < 1.29 is 9.53 Å². The van der Waals surface area contributed by atoms with Crippen molar-refractivity contribution in [3.05, 3.63) is 83.9 Å². The lowest BCUT2D eigenvalue weighted by Crippen LogP contribution is -2.15. The normalized spacial score (nSPS) is 11.1. The number of anilines is 1. The fourth-order valence-corrected chi connectivity index (χ4v) is 2.91. The van der Waals surface area contributed by atoms with Gasteiger partial charge >= 0.3 is 0 Å². The van der Waals surface area contributed by atoms with Crippen LogP contribution in [0.4, 0.5) is 5.69 Å². The molecule has 3 rings (SSSR count). The molecule has 27 heavy (non-hydrogen) atoms. The van der Waals surface area contributed by atoms with Crippen molar-refractivity contribution >= 4 is 11.6 Å². The number of carbonyl (C=O) groups is 1. The Kier molecular flexibility index (Phi) is 5.31. The van der Waals surface area contributed by atoms with Crippen LogP contribution in [0.5, 0.6) is 5.75 Å². The number of methoxy groups -OCH3 is 1. The highest BCUT2D eigenvalue weighted by Crippen LogP contribution is 2.31. The Bertz CT molecular complexity index is 923. The van der Waals surface area contributed by atoms with E-state index in [-0.39, 0.29) is 11.3 Å². The van der Waals surface area contributed by atoms with Crippen molar-refractivity contribution in [3.63, 3.8) is 0 Å². The molecule has 1 N–H and O–H groups in total. The summed E-state index contributed by atoms with van der Waals surface area (Å²) in [6.45, 7) is 6.42. The highest BCUT2D eigenvalue weighted by molar-refractivity contribution is 6.05. The minimum Gasteiger partial charge on any atom is -0.495 e. The third-order valence-corrected chi connectivity index (χ3v) is 4.57. The zero-order valence-electron chi connectivity index (χ0n) is 16.2. The van der Waals surface area contributed by atoms with E-state index in [1.54, 1.807) is 7.11 Å². The van der Waals surface area contributed by atoms with Crippen LogP contribution < -0.4 is 10.1 Å². The van der Waals surface area contributed by atoms with Crippen LogP contribution in [0.2, 0.25) is 0 Å². The van der Waals surface area contributed by atoms with Gasteiger partial charge in [-0.25, -0.2) is 0 Å². The van der Waals surface area contributed by atoms with Crippen LogP contribution in [-0.2, 0) is 5.41 Å². The zero-order valence-corrected chi connectivity index (χ0v) is 16.2. The molecule has 0 bridgehead atoms. The van der Waals surface area contributed by atoms with E-state index in [4.69, 9.17) is 4.74 Å². The quantitative estimate of drug-likeness (QED) is 0.628. The fraction of sp³-hybridized carbons (Fsp3) is 0.208. The van der Waals surface area contributed by atoms with Crippen LogP contribution in [-0.4, -0.2) is 13.0 Å². The molecule has 0 aromatic heterocycles. The molecule has 138 valence electrons. The van der Waals surface area contributed by atoms with Crippen LogP contribution in [0.3, 0.4) is 0 Å². The van der Waals surface area contributed by atoms with E-state index in [1.807, 2.05) is 60.7 Å². The molecule has 3 aromatic carbocycles. The first-order valence-corrected chi connectivity index (χ1v) is 9.04. The van der Waals surface area contributed by atoms with Crippen LogP contribution in [0.1, 0.15) is 36.7 Å². The van der Waals surface area contributed by atoms with Crippen molar-refractivity contribution in [3.8, 4) is 16.9 Å². The van der Waals surface area contributed by atoms with Crippen LogP contribution in [0.15, 0.2) is 72.8 Å². The maximum atomic E-state index is 12.7. The smallest absolute Gasteiger partial charge is 0.255 e. The summed E-state index contributed by atoms with van der Waals surface area (Å²) in [5, 5.41) is 2.99. The van der Waals surface area contributed by atoms with E-state index < -0.39 is 0 Å². The van der Waals surface area contributed by atoms with Gasteiger partial charge in [0.15, 0.2) is 0 Å². The Hall–Kier alpha value is -3.07. The summed E-state index contributed by atoms with van der Waals surface area (Å²) < 4.78 is 5.41. The fourth-order valence-electron chi connectivity index (χ4n) is 2.91. The van der Waals surface area contributed by atoms with Crippen molar-refractivity contribution in [1.82, 2.24) is 0 Å². The van der Waals surface area contributed by atoms with Gasteiger partial charge in [0.05, 0.1) is 12.8 Å². The van der Waals surface area contributed by atoms with E-state index in [0.29, 0.717) is 17.0 Å². The number of carbonyl (C=O) groups excluding carboxylic acids is 1. The molecule has 0 unspecified atom stereocenters. The molecule has 0 radical (unpaired) electrons. The molecule has 0 aliphatic heterocycles. The summed E-state index contributed by atoms with van der Waals surface area (Å²) in [6, 6.07) is 23.6. The first kappa shape index (κ1) is 18.7. The molecule has 0 spiro atoms. The van der Waals surface area contributed by atoms with E-state index >= 15 is 0 Å². The van der Waals surface area contributed by atoms with E-state index in [9.17, 15) is 4.79 Å². The monoisotopic (exact) mass is 359 g/mol. The molecule has 3 nitrogen and oxygen atoms in total. The zero-order chi connectivity index (χ0) is 19.4. The van der Waals surface area contributed by atoms with Crippen molar-refractivity contribution in [1.29, 1.82) is 0 Å². The van der Waals surface area contributed by atoms with Crippen molar-refractivity contribution in [2.45, 2.75) is 26.2 Å². The SMILES string of the molecule is COc1ccc(C(C)(C)C)cc1NC(=O)c1ccc(-c2ccccc2)cc1. The lowest BCUT2D eigenvalue weighted by Gasteiger charge is -2.21. The largest absolute Gasteiger partial charge is 0.495 e. The second kappa shape index (κ2) is 7.67. The van der Waals surface area contributed by atoms with Crippen molar-refractivity contribution in [2.24, 2.45) is 0 Å². The van der Waals surface area contributed by atoms with E-state index in [2.05, 4.69) is 38.2 Å². The van der Waals surface area contributed by atoms with Gasteiger partial charge in [0.25, 0.3) is 5.91 Å². The predicted octanol–water partition coefficient (Wildman–Crippen LogP) is 5.91. The lowest BCUT2D eigenvalue weighted by atomic mass is 9.87. The van der Waals surface area contributed by atoms with Gasteiger partial charge in [-0.3, -0.25) is 4.79 Å². The minimum atomic E-state index is -0.154. The van der Waals surface area contributed by atoms with Crippen LogP contribution in [0.25, 0.3) is 11.1 Å². The summed E-state index contributed by atoms with van der Waals surface area (Å²) in [4.78, 5) is 12.7. The number of nitrogens with one attached hydrogen (secondary N) is 1. The maximum absolute atomic E-state index is 12.7. The average Bonchev–Trinajstić information content (AvgIpc) is 2.68.